The summed E-state index contributed by atoms with van der Waals surface area (Å²) < 4.78 is 27.9. The van der Waals surface area contributed by atoms with E-state index in [1.54, 1.807) is 24.3 Å². The second-order valence-corrected chi connectivity index (χ2v) is 8.06. The quantitative estimate of drug-likeness (QED) is 0.424. The van der Waals surface area contributed by atoms with E-state index in [2.05, 4.69) is 19.9 Å². The first-order valence-corrected chi connectivity index (χ1v) is 9.85. The number of phenols is 1. The van der Waals surface area contributed by atoms with Gasteiger partial charge in [0.05, 0.1) is 15.5 Å². The maximum Gasteiger partial charge on any atom is 0.312 e. The van der Waals surface area contributed by atoms with Crippen molar-refractivity contribution in [2.45, 2.75) is 23.7 Å². The first-order valence-electron chi connectivity index (χ1n) is 8.37. The van der Waals surface area contributed by atoms with Crippen LogP contribution in [-0.2, 0) is 10.0 Å². The van der Waals surface area contributed by atoms with Crippen LogP contribution in [0.1, 0.15) is 24.6 Å². The molecule has 3 aromatic rings. The van der Waals surface area contributed by atoms with Gasteiger partial charge in [0.1, 0.15) is 5.82 Å². The smallest absolute Gasteiger partial charge is 0.312 e. The third-order valence-electron chi connectivity index (χ3n) is 4.33. The monoisotopic (exact) mass is 401 g/mol. The van der Waals surface area contributed by atoms with Crippen LogP contribution >= 0.6 is 0 Å². The molecule has 1 heterocycles. The number of nitrogens with one attached hydrogen (secondary N) is 2. The molecule has 0 saturated heterocycles. The maximum atomic E-state index is 12.7. The first kappa shape index (κ1) is 17.9. The molecule has 144 valence electrons. The Kier molecular flexibility index (Phi) is 4.23. The van der Waals surface area contributed by atoms with E-state index in [0.29, 0.717) is 17.3 Å². The Hall–Kier alpha value is -3.47. The van der Waals surface area contributed by atoms with Gasteiger partial charge >= 0.3 is 5.69 Å². The number of sulfonamides is 1. The van der Waals surface area contributed by atoms with Crippen LogP contribution in [0.25, 0.3) is 11.4 Å². The summed E-state index contributed by atoms with van der Waals surface area (Å²) in [6.07, 6.45) is 2.09. The summed E-state index contributed by atoms with van der Waals surface area (Å²) in [7, 11) is -4.15. The third kappa shape index (κ3) is 3.39. The van der Waals surface area contributed by atoms with Crippen molar-refractivity contribution >= 4 is 21.4 Å². The Morgan fingerprint density at radius 2 is 1.96 bits per heavy atom. The van der Waals surface area contributed by atoms with E-state index in [0.717, 1.165) is 36.9 Å². The van der Waals surface area contributed by atoms with Crippen LogP contribution in [0.3, 0.4) is 0 Å². The topological polar surface area (TPSA) is 151 Å². The molecular formula is C17H15N5O5S. The lowest BCUT2D eigenvalue weighted by Gasteiger charge is -2.11. The summed E-state index contributed by atoms with van der Waals surface area (Å²) >= 11 is 0. The average molecular weight is 401 g/mol. The SMILES string of the molecule is O=[N+]([O-])c1cc(S(=O)(=O)Nc2ccccc2-c2n[nH]c(C3CC3)n2)ccc1O. The fraction of sp³-hybridized carbons (Fsp3) is 0.176. The van der Waals surface area contributed by atoms with Crippen LogP contribution in [0.5, 0.6) is 5.75 Å². The number of H-pyrrole nitrogens is 1. The van der Waals surface area contributed by atoms with Gasteiger partial charge in [-0.25, -0.2) is 13.4 Å². The van der Waals surface area contributed by atoms with Gasteiger partial charge in [-0.1, -0.05) is 12.1 Å². The summed E-state index contributed by atoms with van der Waals surface area (Å²) in [5.74, 6) is 0.874. The predicted octanol–water partition coefficient (Wildman–Crippen LogP) is 2.76. The number of nitrogens with zero attached hydrogens (tertiary/aromatic N) is 3. The Bertz CT molecular complexity index is 1170. The number of benzene rings is 2. The summed E-state index contributed by atoms with van der Waals surface area (Å²) in [5, 5.41) is 27.5. The van der Waals surface area contributed by atoms with Gasteiger partial charge in [-0.3, -0.25) is 19.9 Å². The van der Waals surface area contributed by atoms with E-state index in [-0.39, 0.29) is 10.6 Å². The Morgan fingerprint density at radius 3 is 2.68 bits per heavy atom. The number of para-hydroxylation sites is 1. The minimum atomic E-state index is -4.15. The molecule has 0 radical (unpaired) electrons. The lowest BCUT2D eigenvalue weighted by molar-refractivity contribution is -0.386. The van der Waals surface area contributed by atoms with Gasteiger partial charge in [-0.15, -0.1) is 0 Å². The molecule has 28 heavy (non-hydrogen) atoms. The summed E-state index contributed by atoms with van der Waals surface area (Å²) in [6.45, 7) is 0. The number of aromatic nitrogens is 3. The fourth-order valence-electron chi connectivity index (χ4n) is 2.72. The van der Waals surface area contributed by atoms with Crippen LogP contribution in [0, 0.1) is 10.1 Å². The fourth-order valence-corrected chi connectivity index (χ4v) is 3.82. The number of rotatable bonds is 6. The van der Waals surface area contributed by atoms with Gasteiger partial charge in [0, 0.05) is 17.5 Å². The number of phenolic OH excluding ortho intramolecular Hbond substituents is 1. The number of anilines is 1. The molecule has 3 N–H and O–H groups in total. The first-order chi connectivity index (χ1) is 13.3. The van der Waals surface area contributed by atoms with Crippen LogP contribution in [-0.4, -0.2) is 33.6 Å². The summed E-state index contributed by atoms with van der Waals surface area (Å²) in [5.41, 5.74) is 0.0151. The Balaban J connectivity index is 1.69. The zero-order valence-electron chi connectivity index (χ0n) is 14.4. The molecule has 0 amide bonds. The van der Waals surface area contributed by atoms with Gasteiger partial charge in [0.15, 0.2) is 11.6 Å². The number of nitro groups is 1. The van der Waals surface area contributed by atoms with Crippen molar-refractivity contribution < 1.29 is 18.4 Å². The molecule has 0 spiro atoms. The molecule has 0 atom stereocenters. The van der Waals surface area contributed by atoms with Gasteiger partial charge in [0.2, 0.25) is 0 Å². The van der Waals surface area contributed by atoms with E-state index >= 15 is 0 Å². The van der Waals surface area contributed by atoms with E-state index < -0.39 is 26.4 Å². The van der Waals surface area contributed by atoms with Crippen LogP contribution < -0.4 is 4.72 Å². The Morgan fingerprint density at radius 1 is 1.21 bits per heavy atom. The van der Waals surface area contributed by atoms with E-state index in [1.165, 1.54) is 0 Å². The van der Waals surface area contributed by atoms with Crippen molar-refractivity contribution in [1.29, 1.82) is 0 Å². The van der Waals surface area contributed by atoms with Crippen molar-refractivity contribution in [3.63, 3.8) is 0 Å². The summed E-state index contributed by atoms with van der Waals surface area (Å²) in [4.78, 5) is 14.2. The minimum absolute atomic E-state index is 0.236. The minimum Gasteiger partial charge on any atom is -0.502 e. The highest BCUT2D eigenvalue weighted by molar-refractivity contribution is 7.92. The molecule has 0 bridgehead atoms. The number of aromatic amines is 1. The van der Waals surface area contributed by atoms with E-state index in [9.17, 15) is 23.6 Å². The molecule has 11 heteroatoms. The number of nitro benzene ring substituents is 1. The summed E-state index contributed by atoms with van der Waals surface area (Å²) in [6, 6.07) is 9.46. The van der Waals surface area contributed by atoms with E-state index in [1.807, 2.05) is 0 Å². The predicted molar refractivity (Wildman–Crippen MR) is 99.4 cm³/mol. The highest BCUT2D eigenvalue weighted by Crippen LogP contribution is 2.39. The molecule has 1 aliphatic rings. The van der Waals surface area contributed by atoms with Gasteiger partial charge < -0.3 is 5.11 Å². The molecule has 1 fully saturated rings. The molecule has 1 aromatic heterocycles. The third-order valence-corrected chi connectivity index (χ3v) is 5.70. The van der Waals surface area contributed by atoms with Gasteiger partial charge in [-0.2, -0.15) is 5.10 Å². The zero-order chi connectivity index (χ0) is 19.9. The van der Waals surface area contributed by atoms with Crippen molar-refractivity contribution in [3.05, 3.63) is 58.4 Å². The van der Waals surface area contributed by atoms with Crippen molar-refractivity contribution in [2.75, 3.05) is 4.72 Å². The van der Waals surface area contributed by atoms with Crippen molar-refractivity contribution in [2.24, 2.45) is 0 Å². The van der Waals surface area contributed by atoms with Crippen molar-refractivity contribution in [3.8, 4) is 17.1 Å². The average Bonchev–Trinajstić information content (AvgIpc) is 3.39. The largest absolute Gasteiger partial charge is 0.502 e. The molecule has 10 nitrogen and oxygen atoms in total. The number of hydrogen-bond acceptors (Lipinski definition) is 7. The van der Waals surface area contributed by atoms with E-state index in [4.69, 9.17) is 0 Å². The normalized spacial score (nSPS) is 14.0. The standard InChI is InChI=1S/C17H15N5O5S/c23-15-8-7-11(9-14(15)22(24)25)28(26,27)21-13-4-2-1-3-12(13)17-18-16(19-20-17)10-5-6-10/h1-4,7-10,21,23H,5-6H2,(H,18,19,20). The van der Waals surface area contributed by atoms with Crippen molar-refractivity contribution in [1.82, 2.24) is 15.2 Å². The molecule has 1 saturated carbocycles. The molecule has 1 aliphatic carbocycles. The second-order valence-electron chi connectivity index (χ2n) is 6.38. The molecular weight excluding hydrogens is 386 g/mol. The highest BCUT2D eigenvalue weighted by atomic mass is 32.2. The zero-order valence-corrected chi connectivity index (χ0v) is 15.2. The second kappa shape index (κ2) is 6.60. The number of hydrogen-bond donors (Lipinski definition) is 3. The number of aromatic hydroxyl groups is 1. The molecule has 2 aromatic carbocycles. The van der Waals surface area contributed by atoms with Gasteiger partial charge in [-0.05, 0) is 37.1 Å². The Labute approximate surface area is 159 Å². The van der Waals surface area contributed by atoms with Crippen LogP contribution in [0.4, 0.5) is 11.4 Å². The highest BCUT2D eigenvalue weighted by Gasteiger charge is 2.28. The molecule has 4 rings (SSSR count). The van der Waals surface area contributed by atoms with Gasteiger partial charge in [0.25, 0.3) is 10.0 Å². The lowest BCUT2D eigenvalue weighted by atomic mass is 10.2. The van der Waals surface area contributed by atoms with Crippen LogP contribution in [0.2, 0.25) is 0 Å². The van der Waals surface area contributed by atoms with Crippen LogP contribution in [0.15, 0.2) is 47.4 Å². The molecule has 0 aliphatic heterocycles. The lowest BCUT2D eigenvalue weighted by Crippen LogP contribution is -2.14. The maximum absolute atomic E-state index is 12.7. The molecule has 0 unspecified atom stereocenters.